The van der Waals surface area contributed by atoms with Gasteiger partial charge >= 0.3 is 0 Å². The van der Waals surface area contributed by atoms with Crippen LogP contribution in [0.5, 0.6) is 0 Å². The minimum atomic E-state index is 0.413. The van der Waals surface area contributed by atoms with Crippen molar-refractivity contribution in [3.05, 3.63) is 101 Å². The Labute approximate surface area is 182 Å². The molecule has 0 aromatic heterocycles. The first-order chi connectivity index (χ1) is 14.8. The number of rotatable bonds is 1. The Bertz CT molecular complexity index is 1220. The maximum absolute atomic E-state index is 6.25. The van der Waals surface area contributed by atoms with Crippen molar-refractivity contribution in [2.45, 2.75) is 30.7 Å². The second kappa shape index (κ2) is 6.25. The SMILES string of the molecule is Clc1ccc([C@@H]2[C@@H]3CC=C[C@@H]3c3c4c(cc5ccccc35)[C@@H]3C=CC[C@H]3CN42)cc1. The molecular weight excluding hydrogens is 386 g/mol. The molecule has 4 aliphatic rings. The van der Waals surface area contributed by atoms with Gasteiger partial charge in [0.05, 0.1) is 6.04 Å². The van der Waals surface area contributed by atoms with Gasteiger partial charge in [-0.25, -0.2) is 0 Å². The van der Waals surface area contributed by atoms with Crippen LogP contribution in [0.1, 0.15) is 47.4 Å². The third-order valence-electron chi connectivity index (χ3n) is 7.96. The third-order valence-corrected chi connectivity index (χ3v) is 8.21. The number of hydrogen-bond donors (Lipinski definition) is 0. The predicted octanol–water partition coefficient (Wildman–Crippen LogP) is 7.39. The van der Waals surface area contributed by atoms with Gasteiger partial charge in [-0.3, -0.25) is 0 Å². The van der Waals surface area contributed by atoms with Gasteiger partial charge in [0, 0.05) is 29.1 Å². The van der Waals surface area contributed by atoms with E-state index in [-0.39, 0.29) is 0 Å². The van der Waals surface area contributed by atoms with Crippen LogP contribution in [0.2, 0.25) is 5.02 Å². The lowest BCUT2D eigenvalue weighted by molar-refractivity contribution is 0.336. The van der Waals surface area contributed by atoms with Crippen LogP contribution in [0.25, 0.3) is 10.8 Å². The first-order valence-corrected chi connectivity index (χ1v) is 11.6. The van der Waals surface area contributed by atoms with Crippen LogP contribution < -0.4 is 4.90 Å². The van der Waals surface area contributed by atoms with Gasteiger partial charge in [-0.2, -0.15) is 0 Å². The molecule has 0 radical (unpaired) electrons. The zero-order valence-electron chi connectivity index (χ0n) is 16.8. The molecule has 2 aliphatic heterocycles. The van der Waals surface area contributed by atoms with Crippen molar-refractivity contribution in [1.29, 1.82) is 0 Å². The number of allylic oxidation sites excluding steroid dienone is 4. The molecule has 0 bridgehead atoms. The molecule has 0 spiro atoms. The van der Waals surface area contributed by atoms with Gasteiger partial charge in [-0.05, 0) is 70.3 Å². The molecule has 2 heteroatoms. The van der Waals surface area contributed by atoms with Crippen LogP contribution >= 0.6 is 11.6 Å². The Hall–Kier alpha value is -2.51. The summed E-state index contributed by atoms with van der Waals surface area (Å²) in [5.74, 6) is 2.33. The highest BCUT2D eigenvalue weighted by Crippen LogP contribution is 2.60. The Kier molecular flexibility index (Phi) is 3.58. The van der Waals surface area contributed by atoms with Crippen molar-refractivity contribution in [2.24, 2.45) is 11.8 Å². The average molecular weight is 410 g/mol. The Morgan fingerprint density at radius 1 is 0.867 bits per heavy atom. The summed E-state index contributed by atoms with van der Waals surface area (Å²) >= 11 is 6.25. The largest absolute Gasteiger partial charge is 0.363 e. The molecule has 148 valence electrons. The molecule has 2 aliphatic carbocycles. The Morgan fingerprint density at radius 2 is 1.67 bits per heavy atom. The summed E-state index contributed by atoms with van der Waals surface area (Å²) in [5, 5.41) is 3.66. The molecule has 2 heterocycles. The van der Waals surface area contributed by atoms with Crippen molar-refractivity contribution in [1.82, 2.24) is 0 Å². The van der Waals surface area contributed by atoms with Crippen LogP contribution in [-0.4, -0.2) is 6.54 Å². The second-order valence-corrected chi connectivity index (χ2v) is 9.84. The second-order valence-electron chi connectivity index (χ2n) is 9.40. The van der Waals surface area contributed by atoms with E-state index in [0.29, 0.717) is 29.7 Å². The number of halogens is 1. The molecule has 1 nitrogen and oxygen atoms in total. The summed E-state index contributed by atoms with van der Waals surface area (Å²) in [5.41, 5.74) is 6.05. The van der Waals surface area contributed by atoms with Crippen molar-refractivity contribution < 1.29 is 0 Å². The van der Waals surface area contributed by atoms with Crippen LogP contribution in [0.4, 0.5) is 5.69 Å². The van der Waals surface area contributed by atoms with Gasteiger partial charge in [0.2, 0.25) is 0 Å². The molecule has 5 atom stereocenters. The zero-order valence-corrected chi connectivity index (χ0v) is 17.6. The van der Waals surface area contributed by atoms with Gasteiger partial charge in [0.1, 0.15) is 0 Å². The van der Waals surface area contributed by atoms with E-state index in [0.717, 1.165) is 18.0 Å². The summed E-state index contributed by atoms with van der Waals surface area (Å²) in [4.78, 5) is 2.78. The highest BCUT2D eigenvalue weighted by molar-refractivity contribution is 6.30. The lowest BCUT2D eigenvalue weighted by Gasteiger charge is -2.51. The van der Waals surface area contributed by atoms with E-state index in [1.807, 2.05) is 0 Å². The maximum atomic E-state index is 6.25. The molecule has 0 saturated carbocycles. The quantitative estimate of drug-likeness (QED) is 0.379. The van der Waals surface area contributed by atoms with Crippen molar-refractivity contribution >= 4 is 28.1 Å². The van der Waals surface area contributed by atoms with Crippen molar-refractivity contribution in [2.75, 3.05) is 11.4 Å². The number of benzene rings is 3. The molecule has 3 aromatic rings. The van der Waals surface area contributed by atoms with E-state index in [1.54, 1.807) is 11.1 Å². The highest BCUT2D eigenvalue weighted by Gasteiger charge is 2.48. The van der Waals surface area contributed by atoms with E-state index in [2.05, 4.69) is 83.8 Å². The van der Waals surface area contributed by atoms with Crippen LogP contribution in [0.15, 0.2) is 78.9 Å². The first-order valence-electron chi connectivity index (χ1n) is 11.2. The molecular formula is C28H24ClN. The predicted molar refractivity (Wildman–Crippen MR) is 125 cm³/mol. The smallest absolute Gasteiger partial charge is 0.0582 e. The Morgan fingerprint density at radius 3 is 2.57 bits per heavy atom. The van der Waals surface area contributed by atoms with Crippen LogP contribution in [0.3, 0.4) is 0 Å². The van der Waals surface area contributed by atoms with E-state index >= 15 is 0 Å². The molecule has 30 heavy (non-hydrogen) atoms. The lowest BCUT2D eigenvalue weighted by Crippen LogP contribution is -2.46. The van der Waals surface area contributed by atoms with Gasteiger partial charge in [-0.15, -0.1) is 0 Å². The highest BCUT2D eigenvalue weighted by atomic mass is 35.5. The van der Waals surface area contributed by atoms with E-state index in [9.17, 15) is 0 Å². The average Bonchev–Trinajstić information content (AvgIpc) is 3.44. The van der Waals surface area contributed by atoms with Gasteiger partial charge < -0.3 is 4.90 Å². The van der Waals surface area contributed by atoms with Crippen LogP contribution in [0, 0.1) is 11.8 Å². The molecule has 7 rings (SSSR count). The number of hydrogen-bond acceptors (Lipinski definition) is 1. The summed E-state index contributed by atoms with van der Waals surface area (Å²) in [6.45, 7) is 1.15. The van der Waals surface area contributed by atoms with E-state index in [4.69, 9.17) is 11.6 Å². The maximum Gasteiger partial charge on any atom is 0.0582 e. The molecule has 0 saturated heterocycles. The third kappa shape index (κ3) is 2.25. The minimum Gasteiger partial charge on any atom is -0.363 e. The Balaban J connectivity index is 1.54. The number of anilines is 1. The first kappa shape index (κ1) is 17.2. The summed E-state index contributed by atoms with van der Waals surface area (Å²) in [6, 6.07) is 20.6. The van der Waals surface area contributed by atoms with Crippen molar-refractivity contribution in [3.63, 3.8) is 0 Å². The summed E-state index contributed by atoms with van der Waals surface area (Å²) in [6.07, 6.45) is 12.1. The van der Waals surface area contributed by atoms with Crippen LogP contribution in [-0.2, 0) is 0 Å². The normalized spacial score (nSPS) is 30.4. The summed E-state index contributed by atoms with van der Waals surface area (Å²) in [7, 11) is 0. The van der Waals surface area contributed by atoms with E-state index < -0.39 is 0 Å². The fraction of sp³-hybridized carbons (Fsp3) is 0.286. The molecule has 0 amide bonds. The topological polar surface area (TPSA) is 3.24 Å². The number of fused-ring (bicyclic) bond motifs is 6. The zero-order chi connectivity index (χ0) is 19.8. The minimum absolute atomic E-state index is 0.413. The lowest BCUT2D eigenvalue weighted by atomic mass is 9.69. The molecule has 0 fully saturated rings. The van der Waals surface area contributed by atoms with Crippen molar-refractivity contribution in [3.8, 4) is 0 Å². The fourth-order valence-corrected chi connectivity index (χ4v) is 6.90. The molecule has 0 unspecified atom stereocenters. The standard InChI is InChI=1S/C28H24ClN/c29-20-13-11-17(12-14-20)27-24-10-4-9-23(24)26-22-7-2-1-5-18(22)15-25-21-8-3-6-19(21)16-30(27)28(25)26/h1-5,7-9,11-15,19,21,23-24,27H,6,10,16H2/t19-,21+,23-,24+,27+/m0/s1. The fourth-order valence-electron chi connectivity index (χ4n) is 6.77. The van der Waals surface area contributed by atoms with Gasteiger partial charge in [-0.1, -0.05) is 72.3 Å². The molecule has 0 N–H and O–H groups in total. The summed E-state index contributed by atoms with van der Waals surface area (Å²) < 4.78 is 0. The van der Waals surface area contributed by atoms with Gasteiger partial charge in [0.15, 0.2) is 0 Å². The molecule has 3 aromatic carbocycles. The van der Waals surface area contributed by atoms with Gasteiger partial charge in [0.25, 0.3) is 0 Å². The number of nitrogens with zero attached hydrogens (tertiary/aromatic N) is 1. The van der Waals surface area contributed by atoms with E-state index in [1.165, 1.54) is 28.4 Å². The monoisotopic (exact) mass is 409 g/mol.